The SMILES string of the molecule is CCS(=O)(=O)CCc1c(O)n(Cc2ccccc2)c2nc3c(c(=O)n(C)c(=O)n3C)n2c1=O. The fourth-order valence-corrected chi connectivity index (χ4v) is 4.58. The van der Waals surface area contributed by atoms with Crippen molar-refractivity contribution in [3.8, 4) is 5.88 Å². The van der Waals surface area contributed by atoms with Crippen LogP contribution in [-0.4, -0.2) is 48.1 Å². The van der Waals surface area contributed by atoms with Crippen molar-refractivity contribution in [2.45, 2.75) is 19.9 Å². The molecule has 3 aromatic heterocycles. The molecular formula is C21H23N5O6S. The van der Waals surface area contributed by atoms with Crippen molar-refractivity contribution in [3.63, 3.8) is 0 Å². The molecule has 0 fully saturated rings. The summed E-state index contributed by atoms with van der Waals surface area (Å²) < 4.78 is 28.6. The van der Waals surface area contributed by atoms with E-state index in [4.69, 9.17) is 0 Å². The van der Waals surface area contributed by atoms with Crippen molar-refractivity contribution in [1.82, 2.24) is 23.1 Å². The van der Waals surface area contributed by atoms with Crippen molar-refractivity contribution in [3.05, 3.63) is 72.7 Å². The van der Waals surface area contributed by atoms with E-state index in [2.05, 4.69) is 4.98 Å². The number of benzene rings is 1. The smallest absolute Gasteiger partial charge is 0.332 e. The maximum absolute atomic E-state index is 13.4. The lowest BCUT2D eigenvalue weighted by Gasteiger charge is -2.14. The molecule has 33 heavy (non-hydrogen) atoms. The molecule has 1 aromatic carbocycles. The Kier molecular flexibility index (Phi) is 5.48. The van der Waals surface area contributed by atoms with Gasteiger partial charge in [-0.25, -0.2) is 17.6 Å². The van der Waals surface area contributed by atoms with E-state index in [9.17, 15) is 27.9 Å². The fourth-order valence-electron chi connectivity index (χ4n) is 3.78. The van der Waals surface area contributed by atoms with Crippen LogP contribution in [0.4, 0.5) is 0 Å². The van der Waals surface area contributed by atoms with Crippen molar-refractivity contribution in [2.75, 3.05) is 11.5 Å². The molecule has 0 aliphatic heterocycles. The molecule has 0 saturated heterocycles. The number of nitrogens with zero attached hydrogens (tertiary/aromatic N) is 5. The molecule has 0 amide bonds. The van der Waals surface area contributed by atoms with Gasteiger partial charge in [-0.2, -0.15) is 4.98 Å². The highest BCUT2D eigenvalue weighted by Crippen LogP contribution is 2.22. The second-order valence-corrected chi connectivity index (χ2v) is 10.3. The highest BCUT2D eigenvalue weighted by Gasteiger charge is 2.25. The van der Waals surface area contributed by atoms with E-state index in [-0.39, 0.29) is 47.0 Å². The van der Waals surface area contributed by atoms with Crippen LogP contribution in [0.25, 0.3) is 16.9 Å². The maximum atomic E-state index is 13.4. The molecule has 12 heteroatoms. The zero-order valence-corrected chi connectivity index (χ0v) is 19.2. The van der Waals surface area contributed by atoms with Crippen molar-refractivity contribution in [2.24, 2.45) is 14.1 Å². The highest BCUT2D eigenvalue weighted by atomic mass is 32.2. The molecule has 4 aromatic rings. The van der Waals surface area contributed by atoms with E-state index in [1.807, 2.05) is 30.3 Å². The first-order chi connectivity index (χ1) is 15.6. The van der Waals surface area contributed by atoms with Gasteiger partial charge in [0.15, 0.2) is 11.2 Å². The third-order valence-electron chi connectivity index (χ3n) is 5.75. The Morgan fingerprint density at radius 3 is 2.30 bits per heavy atom. The van der Waals surface area contributed by atoms with Crippen LogP contribution in [0.5, 0.6) is 5.88 Å². The predicted octanol–water partition coefficient (Wildman–Crippen LogP) is -0.222. The van der Waals surface area contributed by atoms with Gasteiger partial charge in [-0.15, -0.1) is 0 Å². The third-order valence-corrected chi connectivity index (χ3v) is 7.46. The van der Waals surface area contributed by atoms with Gasteiger partial charge in [-0.1, -0.05) is 37.3 Å². The number of hydrogen-bond donors (Lipinski definition) is 1. The van der Waals surface area contributed by atoms with Gasteiger partial charge in [0.25, 0.3) is 11.1 Å². The van der Waals surface area contributed by atoms with Gasteiger partial charge in [0.2, 0.25) is 11.7 Å². The molecule has 174 valence electrons. The van der Waals surface area contributed by atoms with Crippen LogP contribution in [0.15, 0.2) is 44.7 Å². The van der Waals surface area contributed by atoms with Crippen LogP contribution in [0.3, 0.4) is 0 Å². The molecule has 0 bridgehead atoms. The lowest BCUT2D eigenvalue weighted by Crippen LogP contribution is -2.38. The van der Waals surface area contributed by atoms with Crippen LogP contribution >= 0.6 is 0 Å². The number of fused-ring (bicyclic) bond motifs is 3. The highest BCUT2D eigenvalue weighted by molar-refractivity contribution is 7.91. The number of aryl methyl sites for hydroxylation is 1. The van der Waals surface area contributed by atoms with Gasteiger partial charge >= 0.3 is 5.69 Å². The second-order valence-electron chi connectivity index (χ2n) is 7.79. The summed E-state index contributed by atoms with van der Waals surface area (Å²) in [5.74, 6) is -0.909. The van der Waals surface area contributed by atoms with Crippen LogP contribution in [0, 0.1) is 0 Å². The van der Waals surface area contributed by atoms with E-state index in [1.54, 1.807) is 0 Å². The molecular weight excluding hydrogens is 450 g/mol. The normalized spacial score (nSPS) is 12.1. The minimum Gasteiger partial charge on any atom is -0.494 e. The summed E-state index contributed by atoms with van der Waals surface area (Å²) >= 11 is 0. The zero-order chi connectivity index (χ0) is 24.1. The van der Waals surface area contributed by atoms with Crippen molar-refractivity contribution in [1.29, 1.82) is 0 Å². The Bertz CT molecular complexity index is 1680. The number of sulfone groups is 1. The summed E-state index contributed by atoms with van der Waals surface area (Å²) in [4.78, 5) is 43.1. The number of imidazole rings is 1. The summed E-state index contributed by atoms with van der Waals surface area (Å²) in [5, 5.41) is 11.0. The quantitative estimate of drug-likeness (QED) is 0.409. The van der Waals surface area contributed by atoms with E-state index in [0.717, 1.165) is 19.1 Å². The topological polar surface area (TPSA) is 138 Å². The van der Waals surface area contributed by atoms with Gasteiger partial charge in [0.05, 0.1) is 17.9 Å². The predicted molar refractivity (Wildman–Crippen MR) is 123 cm³/mol. The molecule has 0 saturated carbocycles. The molecule has 11 nitrogen and oxygen atoms in total. The molecule has 0 radical (unpaired) electrons. The van der Waals surface area contributed by atoms with E-state index < -0.39 is 32.5 Å². The lowest BCUT2D eigenvalue weighted by molar-refractivity contribution is 0.412. The fraction of sp³-hybridized carbons (Fsp3) is 0.333. The molecule has 0 spiro atoms. The molecule has 4 rings (SSSR count). The average molecular weight is 474 g/mol. The monoisotopic (exact) mass is 473 g/mol. The molecule has 1 N–H and O–H groups in total. The van der Waals surface area contributed by atoms with Crippen LogP contribution in [0.1, 0.15) is 18.1 Å². The number of aromatic nitrogens is 5. The van der Waals surface area contributed by atoms with Crippen molar-refractivity contribution < 1.29 is 13.5 Å². The Hall–Kier alpha value is -3.67. The molecule has 0 aliphatic rings. The van der Waals surface area contributed by atoms with Crippen molar-refractivity contribution >= 4 is 26.8 Å². The summed E-state index contributed by atoms with van der Waals surface area (Å²) in [6, 6.07) is 9.07. The van der Waals surface area contributed by atoms with Gasteiger partial charge < -0.3 is 5.11 Å². The second kappa shape index (κ2) is 8.03. The van der Waals surface area contributed by atoms with Gasteiger partial charge in [-0.05, 0) is 12.0 Å². The summed E-state index contributed by atoms with van der Waals surface area (Å²) in [6.07, 6.45) is -0.239. The summed E-state index contributed by atoms with van der Waals surface area (Å²) in [7, 11) is -0.707. The third kappa shape index (κ3) is 3.65. The van der Waals surface area contributed by atoms with Crippen LogP contribution in [-0.2, 0) is 36.9 Å². The van der Waals surface area contributed by atoms with Gasteiger partial charge in [0, 0.05) is 19.8 Å². The summed E-state index contributed by atoms with van der Waals surface area (Å²) in [6.45, 7) is 1.60. The maximum Gasteiger partial charge on any atom is 0.332 e. The first kappa shape index (κ1) is 22.5. The number of rotatable bonds is 6. The Morgan fingerprint density at radius 1 is 1.00 bits per heavy atom. The van der Waals surface area contributed by atoms with Gasteiger partial charge in [0.1, 0.15) is 9.84 Å². The summed E-state index contributed by atoms with van der Waals surface area (Å²) in [5.41, 5.74) is -1.60. The average Bonchev–Trinajstić information content (AvgIpc) is 3.20. The molecule has 0 atom stereocenters. The van der Waals surface area contributed by atoms with E-state index in [1.165, 1.54) is 25.6 Å². The Balaban J connectivity index is 2.12. The molecule has 0 unspecified atom stereocenters. The molecule has 0 aliphatic carbocycles. The van der Waals surface area contributed by atoms with E-state index in [0.29, 0.717) is 0 Å². The van der Waals surface area contributed by atoms with E-state index >= 15 is 0 Å². The standard InChI is InChI=1S/C21H23N5O6S/c1-4-33(31,32)11-10-14-17(27)25(12-13-8-6-5-7-9-13)20-22-16-15(26(20)18(14)28)19(29)24(3)21(30)23(16)2/h5-9,27H,4,10-12H2,1-3H3. The minimum atomic E-state index is -3.43. The Morgan fingerprint density at radius 2 is 1.67 bits per heavy atom. The first-order valence-electron chi connectivity index (χ1n) is 10.2. The number of aromatic hydroxyl groups is 1. The minimum absolute atomic E-state index is 0.0141. The first-order valence-corrected chi connectivity index (χ1v) is 12.1. The van der Waals surface area contributed by atoms with Crippen LogP contribution < -0.4 is 16.8 Å². The Labute approximate surface area is 187 Å². The van der Waals surface area contributed by atoms with Crippen LogP contribution in [0.2, 0.25) is 0 Å². The largest absolute Gasteiger partial charge is 0.494 e. The zero-order valence-electron chi connectivity index (χ0n) is 18.3. The molecule has 3 heterocycles. The number of hydrogen-bond acceptors (Lipinski definition) is 7. The lowest BCUT2D eigenvalue weighted by atomic mass is 10.2. The van der Waals surface area contributed by atoms with Gasteiger partial charge in [-0.3, -0.25) is 23.3 Å².